The summed E-state index contributed by atoms with van der Waals surface area (Å²) in [7, 11) is 1.17. The molecule has 0 saturated heterocycles. The average Bonchev–Trinajstić information content (AvgIpc) is 3.36. The molecule has 0 amide bonds. The van der Waals surface area contributed by atoms with Gasteiger partial charge in [-0.3, -0.25) is 9.59 Å². The molecule has 122 valence electrons. The van der Waals surface area contributed by atoms with E-state index in [4.69, 9.17) is 0 Å². The van der Waals surface area contributed by atoms with E-state index in [0.29, 0.717) is 5.56 Å². The Morgan fingerprint density at radius 1 is 0.958 bits per heavy atom. The van der Waals surface area contributed by atoms with Crippen molar-refractivity contribution >= 4 is 33.5 Å². The second-order valence-corrected chi connectivity index (χ2v) is 6.63. The highest BCUT2D eigenvalue weighted by molar-refractivity contribution is 9.10. The summed E-state index contributed by atoms with van der Waals surface area (Å²) in [6.07, 6.45) is 0. The molecule has 1 fully saturated rings. The van der Waals surface area contributed by atoms with Crippen LogP contribution in [0, 0.1) is 11.8 Å². The summed E-state index contributed by atoms with van der Waals surface area (Å²) in [6, 6.07) is 16.4. The molecule has 0 spiro atoms. The van der Waals surface area contributed by atoms with Crippen molar-refractivity contribution in [1.82, 2.24) is 0 Å². The number of methoxy groups -OCH3 is 1. The molecular weight excluding hydrogens is 372 g/mol. The van der Waals surface area contributed by atoms with Crippen LogP contribution in [-0.4, -0.2) is 24.6 Å². The summed E-state index contributed by atoms with van der Waals surface area (Å²) in [4.78, 5) is 36.8. The Morgan fingerprint density at radius 2 is 1.67 bits per heavy atom. The monoisotopic (exact) mass is 386 g/mol. The maximum absolute atomic E-state index is 12.8. The average molecular weight is 387 g/mol. The van der Waals surface area contributed by atoms with Crippen LogP contribution in [0.15, 0.2) is 59.1 Å². The van der Waals surface area contributed by atoms with Crippen molar-refractivity contribution in [3.8, 4) is 0 Å². The van der Waals surface area contributed by atoms with Crippen molar-refractivity contribution in [1.29, 1.82) is 0 Å². The molecule has 0 unspecified atom stereocenters. The molecule has 1 saturated carbocycles. The zero-order valence-corrected chi connectivity index (χ0v) is 14.5. The molecule has 2 aromatic carbocycles. The molecule has 1 aliphatic carbocycles. The summed E-state index contributed by atoms with van der Waals surface area (Å²) in [5.41, 5.74) is 1.41. The third kappa shape index (κ3) is 3.04. The number of esters is 1. The minimum Gasteiger partial charge on any atom is -0.463 e. The van der Waals surface area contributed by atoms with Crippen molar-refractivity contribution in [3.63, 3.8) is 0 Å². The molecule has 2 aromatic rings. The molecule has 0 N–H and O–H groups in total. The number of Topliss-reactive ketones (excluding diaryl/α,β-unsaturated/α-hetero) is 2. The van der Waals surface area contributed by atoms with Gasteiger partial charge in [0.05, 0.1) is 7.11 Å². The molecule has 3 atom stereocenters. The van der Waals surface area contributed by atoms with E-state index < -0.39 is 23.6 Å². The highest BCUT2D eigenvalue weighted by Crippen LogP contribution is 2.56. The van der Waals surface area contributed by atoms with E-state index in [1.165, 1.54) is 7.11 Å². The molecule has 0 aliphatic heterocycles. The Balaban J connectivity index is 1.93. The van der Waals surface area contributed by atoms with Gasteiger partial charge in [-0.15, -0.1) is 0 Å². The lowest BCUT2D eigenvalue weighted by Crippen LogP contribution is -2.20. The van der Waals surface area contributed by atoms with Gasteiger partial charge in [0, 0.05) is 27.8 Å². The zero-order chi connectivity index (χ0) is 17.3. The number of hydrogen-bond acceptors (Lipinski definition) is 4. The molecule has 4 nitrogen and oxygen atoms in total. The third-order valence-corrected chi connectivity index (χ3v) is 4.80. The van der Waals surface area contributed by atoms with Gasteiger partial charge in [-0.2, -0.15) is 0 Å². The van der Waals surface area contributed by atoms with Crippen LogP contribution in [-0.2, 0) is 14.3 Å². The van der Waals surface area contributed by atoms with Crippen LogP contribution >= 0.6 is 15.9 Å². The first-order valence-electron chi connectivity index (χ1n) is 7.51. The quantitative estimate of drug-likeness (QED) is 0.448. The lowest BCUT2D eigenvalue weighted by Gasteiger charge is -2.01. The second-order valence-electron chi connectivity index (χ2n) is 5.72. The van der Waals surface area contributed by atoms with Crippen molar-refractivity contribution < 1.29 is 19.1 Å². The molecule has 0 aromatic heterocycles. The summed E-state index contributed by atoms with van der Waals surface area (Å²) >= 11 is 3.35. The van der Waals surface area contributed by atoms with Gasteiger partial charge in [-0.25, -0.2) is 4.79 Å². The summed E-state index contributed by atoms with van der Waals surface area (Å²) in [6.45, 7) is 0. The summed E-state index contributed by atoms with van der Waals surface area (Å²) in [5, 5.41) is 0. The maximum atomic E-state index is 12.8. The second kappa shape index (κ2) is 6.69. The lowest BCUT2D eigenvalue weighted by molar-refractivity contribution is -0.152. The number of carbonyl (C=O) groups is 3. The van der Waals surface area contributed by atoms with Crippen LogP contribution in [0.5, 0.6) is 0 Å². The highest BCUT2D eigenvalue weighted by atomic mass is 79.9. The minimum absolute atomic E-state index is 0.132. The van der Waals surface area contributed by atoms with Gasteiger partial charge < -0.3 is 4.74 Å². The Bertz CT molecular complexity index is 800. The fourth-order valence-electron chi connectivity index (χ4n) is 3.12. The molecule has 24 heavy (non-hydrogen) atoms. The number of halogens is 1. The van der Waals surface area contributed by atoms with E-state index in [0.717, 1.165) is 10.0 Å². The van der Waals surface area contributed by atoms with Gasteiger partial charge in [0.15, 0.2) is 5.78 Å². The number of ether oxygens (including phenoxy) is 1. The van der Waals surface area contributed by atoms with Crippen LogP contribution in [0.3, 0.4) is 0 Å². The molecular formula is C19H15BrO4. The van der Waals surface area contributed by atoms with Crippen LogP contribution in [0.25, 0.3) is 0 Å². The van der Waals surface area contributed by atoms with E-state index in [1.807, 2.05) is 36.4 Å². The Hall–Kier alpha value is -2.27. The number of ketones is 2. The van der Waals surface area contributed by atoms with Crippen molar-refractivity contribution in [2.24, 2.45) is 11.8 Å². The lowest BCUT2D eigenvalue weighted by atomic mass is 10.0. The Kier molecular flexibility index (Phi) is 4.62. The van der Waals surface area contributed by atoms with Gasteiger partial charge in [0.1, 0.15) is 0 Å². The fraction of sp³-hybridized carbons (Fsp3) is 0.211. The van der Waals surface area contributed by atoms with E-state index >= 15 is 0 Å². The predicted octanol–water partition coefficient (Wildman–Crippen LogP) is 3.40. The van der Waals surface area contributed by atoms with Gasteiger partial charge in [-0.1, -0.05) is 58.4 Å². The van der Waals surface area contributed by atoms with Crippen LogP contribution in [0.2, 0.25) is 0 Å². The normalized spacial score (nSPS) is 21.8. The van der Waals surface area contributed by atoms with Crippen molar-refractivity contribution in [2.45, 2.75) is 5.92 Å². The van der Waals surface area contributed by atoms with Crippen LogP contribution in [0.1, 0.15) is 21.8 Å². The van der Waals surface area contributed by atoms with Gasteiger partial charge in [-0.05, 0) is 17.7 Å². The number of benzene rings is 2. The largest absolute Gasteiger partial charge is 0.463 e. The molecule has 0 heterocycles. The van der Waals surface area contributed by atoms with E-state index in [9.17, 15) is 14.4 Å². The van der Waals surface area contributed by atoms with Gasteiger partial charge in [0.2, 0.25) is 5.78 Å². The number of hydrogen-bond donors (Lipinski definition) is 0. The standard InChI is InChI=1S/C19H15BrO4/c1-24-19(23)18(22)16-14(11-6-3-2-4-7-11)15(16)17(21)12-8-5-9-13(20)10-12/h2-10,14-16H,1H3/t14-,15-,16+/m1/s1. The third-order valence-electron chi connectivity index (χ3n) is 4.31. The molecule has 5 heteroatoms. The molecule has 0 bridgehead atoms. The SMILES string of the molecule is COC(=O)C(=O)[C@@H]1[C@H](C(=O)c2cccc(Br)c2)[C@H]1c1ccccc1. The summed E-state index contributed by atoms with van der Waals surface area (Å²) in [5.74, 6) is -3.15. The zero-order valence-electron chi connectivity index (χ0n) is 12.9. The van der Waals surface area contributed by atoms with Gasteiger partial charge in [0.25, 0.3) is 0 Å². The number of carbonyl (C=O) groups excluding carboxylic acids is 3. The fourth-order valence-corrected chi connectivity index (χ4v) is 3.52. The van der Waals surface area contributed by atoms with E-state index in [2.05, 4.69) is 20.7 Å². The van der Waals surface area contributed by atoms with Crippen molar-refractivity contribution in [3.05, 3.63) is 70.2 Å². The van der Waals surface area contributed by atoms with Gasteiger partial charge >= 0.3 is 5.97 Å². The Labute approximate surface area is 148 Å². The first kappa shape index (κ1) is 16.6. The van der Waals surface area contributed by atoms with E-state index in [1.54, 1.807) is 18.2 Å². The minimum atomic E-state index is -0.898. The number of rotatable bonds is 5. The highest BCUT2D eigenvalue weighted by Gasteiger charge is 2.60. The molecule has 1 aliphatic rings. The first-order valence-corrected chi connectivity index (χ1v) is 8.30. The Morgan fingerprint density at radius 3 is 2.29 bits per heavy atom. The molecule has 0 radical (unpaired) electrons. The maximum Gasteiger partial charge on any atom is 0.374 e. The topological polar surface area (TPSA) is 60.4 Å². The first-order chi connectivity index (χ1) is 11.5. The van der Waals surface area contributed by atoms with Crippen molar-refractivity contribution in [2.75, 3.05) is 7.11 Å². The van der Waals surface area contributed by atoms with E-state index in [-0.39, 0.29) is 11.7 Å². The van der Waals surface area contributed by atoms with Crippen LogP contribution in [0.4, 0.5) is 0 Å². The smallest absolute Gasteiger partial charge is 0.374 e. The van der Waals surface area contributed by atoms with Crippen LogP contribution < -0.4 is 0 Å². The summed E-state index contributed by atoms with van der Waals surface area (Å²) < 4.78 is 5.34. The predicted molar refractivity (Wildman–Crippen MR) is 91.7 cm³/mol. The molecule has 3 rings (SSSR count).